The number of nitrogens with zero attached hydrogens (tertiary/aromatic N) is 2. The minimum atomic E-state index is -0.217. The maximum atomic E-state index is 12.9. The molecule has 0 aromatic heterocycles. The fourth-order valence-corrected chi connectivity index (χ4v) is 4.16. The van der Waals surface area contributed by atoms with Crippen LogP contribution in [0, 0.1) is 5.92 Å². The van der Waals surface area contributed by atoms with Gasteiger partial charge in [-0.05, 0) is 51.7 Å². The Morgan fingerprint density at radius 2 is 1.81 bits per heavy atom. The van der Waals surface area contributed by atoms with Crippen molar-refractivity contribution < 1.29 is 19.1 Å². The van der Waals surface area contributed by atoms with Gasteiger partial charge in [0.25, 0.3) is 5.91 Å². The zero-order valence-electron chi connectivity index (χ0n) is 18.6. The summed E-state index contributed by atoms with van der Waals surface area (Å²) < 4.78 is 5.55. The van der Waals surface area contributed by atoms with E-state index in [0.29, 0.717) is 56.8 Å². The van der Waals surface area contributed by atoms with Crippen LogP contribution in [0.25, 0.3) is 0 Å². The zero-order valence-corrected chi connectivity index (χ0v) is 18.6. The van der Waals surface area contributed by atoms with Crippen LogP contribution in [0.15, 0.2) is 24.3 Å². The average Bonchev–Trinajstić information content (AvgIpc) is 3.32. The molecule has 1 unspecified atom stereocenters. The van der Waals surface area contributed by atoms with Gasteiger partial charge in [-0.1, -0.05) is 12.1 Å². The molecule has 2 aliphatic rings. The highest BCUT2D eigenvalue weighted by molar-refractivity contribution is 6.04. The highest BCUT2D eigenvalue weighted by Gasteiger charge is 2.29. The Labute approximate surface area is 184 Å². The first-order chi connectivity index (χ1) is 15.0. The molecule has 31 heavy (non-hydrogen) atoms. The van der Waals surface area contributed by atoms with Gasteiger partial charge in [0.2, 0.25) is 5.91 Å². The summed E-state index contributed by atoms with van der Waals surface area (Å²) in [6, 6.07) is 7.09. The smallest absolute Gasteiger partial charge is 0.319 e. The fraction of sp³-hybridized carbons (Fsp3) is 0.609. The molecule has 3 rings (SSSR count). The minimum absolute atomic E-state index is 0.0390. The van der Waals surface area contributed by atoms with E-state index in [0.717, 1.165) is 19.4 Å². The number of benzene rings is 1. The number of likely N-dealkylation sites (tertiary alicyclic amines) is 1. The van der Waals surface area contributed by atoms with Crippen LogP contribution in [0.5, 0.6) is 0 Å². The number of piperidine rings is 1. The molecule has 170 valence electrons. The number of ether oxygens (including phenoxy) is 1. The molecule has 2 N–H and O–H groups in total. The van der Waals surface area contributed by atoms with Gasteiger partial charge in [-0.15, -0.1) is 0 Å². The third-order valence-electron chi connectivity index (χ3n) is 6.11. The number of hydrogen-bond donors (Lipinski definition) is 2. The van der Waals surface area contributed by atoms with Crippen molar-refractivity contribution in [1.82, 2.24) is 15.1 Å². The molecule has 2 aliphatic heterocycles. The first kappa shape index (κ1) is 23.1. The van der Waals surface area contributed by atoms with Crippen molar-refractivity contribution in [3.63, 3.8) is 0 Å². The summed E-state index contributed by atoms with van der Waals surface area (Å²) in [7, 11) is 0. The van der Waals surface area contributed by atoms with Gasteiger partial charge in [0, 0.05) is 45.2 Å². The maximum absolute atomic E-state index is 12.9. The van der Waals surface area contributed by atoms with Gasteiger partial charge in [0.15, 0.2) is 0 Å². The van der Waals surface area contributed by atoms with Crippen LogP contribution in [0.4, 0.5) is 10.5 Å². The molecule has 0 bridgehead atoms. The Morgan fingerprint density at radius 3 is 2.45 bits per heavy atom. The summed E-state index contributed by atoms with van der Waals surface area (Å²) in [5, 5.41) is 5.84. The van der Waals surface area contributed by atoms with Crippen molar-refractivity contribution in [1.29, 1.82) is 0 Å². The summed E-state index contributed by atoms with van der Waals surface area (Å²) in [4.78, 5) is 41.6. The Balaban J connectivity index is 1.54. The minimum Gasteiger partial charge on any atom is -0.376 e. The number of carbonyl (C=O) groups excluding carboxylic acids is 3. The summed E-state index contributed by atoms with van der Waals surface area (Å²) in [6.07, 6.45) is 3.27. The first-order valence-corrected chi connectivity index (χ1v) is 11.4. The van der Waals surface area contributed by atoms with E-state index < -0.39 is 0 Å². The number of hydrogen-bond acceptors (Lipinski definition) is 4. The normalized spacial score (nSPS) is 19.2. The Bertz CT molecular complexity index is 767. The van der Waals surface area contributed by atoms with E-state index in [1.54, 1.807) is 29.2 Å². The van der Waals surface area contributed by atoms with Gasteiger partial charge < -0.3 is 25.2 Å². The fourth-order valence-electron chi connectivity index (χ4n) is 4.16. The predicted octanol–water partition coefficient (Wildman–Crippen LogP) is 2.71. The van der Waals surface area contributed by atoms with Crippen LogP contribution < -0.4 is 10.6 Å². The highest BCUT2D eigenvalue weighted by Crippen LogP contribution is 2.22. The van der Waals surface area contributed by atoms with Gasteiger partial charge in [0.05, 0.1) is 17.4 Å². The van der Waals surface area contributed by atoms with E-state index >= 15 is 0 Å². The number of amides is 4. The van der Waals surface area contributed by atoms with Crippen molar-refractivity contribution in [2.24, 2.45) is 5.92 Å². The van der Waals surface area contributed by atoms with E-state index in [2.05, 4.69) is 10.6 Å². The van der Waals surface area contributed by atoms with Gasteiger partial charge >= 0.3 is 6.03 Å². The molecule has 2 fully saturated rings. The topological polar surface area (TPSA) is 91.0 Å². The molecule has 2 heterocycles. The highest BCUT2D eigenvalue weighted by atomic mass is 16.5. The molecule has 8 nitrogen and oxygen atoms in total. The molecule has 1 atom stereocenters. The quantitative estimate of drug-likeness (QED) is 0.696. The molecule has 0 aliphatic carbocycles. The monoisotopic (exact) mass is 430 g/mol. The van der Waals surface area contributed by atoms with Crippen molar-refractivity contribution in [2.45, 2.75) is 45.6 Å². The Morgan fingerprint density at radius 1 is 1.10 bits per heavy atom. The number of urea groups is 1. The number of nitrogens with one attached hydrogen (secondary N) is 2. The molecule has 8 heteroatoms. The molecular weight excluding hydrogens is 396 g/mol. The summed E-state index contributed by atoms with van der Waals surface area (Å²) >= 11 is 0. The predicted molar refractivity (Wildman–Crippen MR) is 119 cm³/mol. The standard InChI is InChI=1S/C23H34N4O4/c1-3-26(4-2)23(30)27-13-11-17(12-14-27)21(28)25-20-10-6-5-9-19(20)22(29)24-16-18-8-7-15-31-18/h5-6,9-10,17-18H,3-4,7-8,11-16H2,1-2H3,(H,24,29)(H,25,28). The lowest BCUT2D eigenvalue weighted by molar-refractivity contribution is -0.121. The van der Waals surface area contributed by atoms with Crippen molar-refractivity contribution >= 4 is 23.5 Å². The molecule has 1 aromatic carbocycles. The van der Waals surface area contributed by atoms with E-state index in [9.17, 15) is 14.4 Å². The van der Waals surface area contributed by atoms with Crippen LogP contribution in [0.3, 0.4) is 0 Å². The van der Waals surface area contributed by atoms with Crippen LogP contribution in [-0.2, 0) is 9.53 Å². The lowest BCUT2D eigenvalue weighted by Gasteiger charge is -2.34. The van der Waals surface area contributed by atoms with E-state index in [-0.39, 0.29) is 29.9 Å². The summed E-state index contributed by atoms with van der Waals surface area (Å²) in [5.74, 6) is -0.496. The third-order valence-corrected chi connectivity index (χ3v) is 6.11. The van der Waals surface area contributed by atoms with Gasteiger partial charge in [-0.2, -0.15) is 0 Å². The van der Waals surface area contributed by atoms with Crippen molar-refractivity contribution in [3.8, 4) is 0 Å². The molecule has 0 spiro atoms. The third kappa shape index (κ3) is 5.97. The Kier molecular flexibility index (Phi) is 8.28. The lowest BCUT2D eigenvalue weighted by atomic mass is 9.95. The lowest BCUT2D eigenvalue weighted by Crippen LogP contribution is -2.47. The maximum Gasteiger partial charge on any atom is 0.319 e. The van der Waals surface area contributed by atoms with Crippen LogP contribution in [-0.4, -0.2) is 73.1 Å². The number of carbonyl (C=O) groups is 3. The second-order valence-electron chi connectivity index (χ2n) is 8.10. The van der Waals surface area contributed by atoms with Crippen molar-refractivity contribution in [3.05, 3.63) is 29.8 Å². The van der Waals surface area contributed by atoms with Crippen LogP contribution in [0.1, 0.15) is 49.9 Å². The average molecular weight is 431 g/mol. The molecule has 4 amide bonds. The number of rotatable bonds is 7. The van der Waals surface area contributed by atoms with Crippen LogP contribution in [0.2, 0.25) is 0 Å². The largest absolute Gasteiger partial charge is 0.376 e. The second-order valence-corrected chi connectivity index (χ2v) is 8.10. The van der Waals surface area contributed by atoms with E-state index in [4.69, 9.17) is 4.74 Å². The van der Waals surface area contributed by atoms with Gasteiger partial charge in [-0.25, -0.2) is 4.79 Å². The molecule has 2 saturated heterocycles. The van der Waals surface area contributed by atoms with Crippen LogP contribution >= 0.6 is 0 Å². The molecule has 1 aromatic rings. The van der Waals surface area contributed by atoms with Gasteiger partial charge in [-0.3, -0.25) is 9.59 Å². The van der Waals surface area contributed by atoms with E-state index in [1.807, 2.05) is 18.7 Å². The molecular formula is C23H34N4O4. The van der Waals surface area contributed by atoms with Crippen molar-refractivity contribution in [2.75, 3.05) is 44.6 Å². The summed E-state index contributed by atoms with van der Waals surface area (Å²) in [6.45, 7) is 7.65. The summed E-state index contributed by atoms with van der Waals surface area (Å²) in [5.41, 5.74) is 0.960. The van der Waals surface area contributed by atoms with Gasteiger partial charge in [0.1, 0.15) is 0 Å². The SMILES string of the molecule is CCN(CC)C(=O)N1CCC(C(=O)Nc2ccccc2C(=O)NCC2CCCO2)CC1. The zero-order chi connectivity index (χ0) is 22.2. The number of para-hydroxylation sites is 1. The Hall–Kier alpha value is -2.61. The second kappa shape index (κ2) is 11.1. The first-order valence-electron chi connectivity index (χ1n) is 11.4. The number of anilines is 1. The molecule has 0 radical (unpaired) electrons. The van der Waals surface area contributed by atoms with E-state index in [1.165, 1.54) is 0 Å². The molecule has 0 saturated carbocycles.